The Kier molecular flexibility index (Phi) is 1.54. The molecule has 2 rings (SSSR count). The number of hydrogen-bond acceptors (Lipinski definition) is 4. The number of pyridine rings is 1. The number of nitro groups is 1. The van der Waals surface area contributed by atoms with Gasteiger partial charge in [0.2, 0.25) is 11.2 Å². The molecule has 0 fully saturated rings. The van der Waals surface area contributed by atoms with Gasteiger partial charge in [-0.2, -0.15) is 0 Å². The molecule has 0 unspecified atom stereocenters. The molecule has 1 N–H and O–H groups in total. The molecule has 0 aliphatic carbocycles. The molecule has 1 aromatic heterocycles. The van der Waals surface area contributed by atoms with Crippen molar-refractivity contribution in [3.63, 3.8) is 0 Å². The van der Waals surface area contributed by atoms with E-state index in [2.05, 4.69) is 4.98 Å². The van der Waals surface area contributed by atoms with E-state index in [9.17, 15) is 14.9 Å². The summed E-state index contributed by atoms with van der Waals surface area (Å²) in [6.07, 6.45) is 0.520. The van der Waals surface area contributed by atoms with Gasteiger partial charge in [-0.1, -0.05) is 0 Å². The van der Waals surface area contributed by atoms with Crippen LogP contribution in [0.2, 0.25) is 0 Å². The number of hydrogen-bond donors (Lipinski definition) is 1. The first-order valence-corrected chi connectivity index (χ1v) is 3.72. The minimum absolute atomic E-state index is 0.214. The van der Waals surface area contributed by atoms with Crippen LogP contribution in [0, 0.1) is 10.1 Å². The van der Waals surface area contributed by atoms with Crippen LogP contribution >= 0.6 is 0 Å². The minimum Gasteiger partial charge on any atom is -0.486 e. The summed E-state index contributed by atoms with van der Waals surface area (Å²) in [5.74, 6) is -0.0696. The van der Waals surface area contributed by atoms with Crippen LogP contribution in [0.15, 0.2) is 10.9 Å². The van der Waals surface area contributed by atoms with E-state index < -0.39 is 10.4 Å². The maximum absolute atomic E-state index is 11.2. The molecule has 0 bridgehead atoms. The smallest absolute Gasteiger partial charge is 0.325 e. The van der Waals surface area contributed by atoms with E-state index in [-0.39, 0.29) is 11.6 Å². The van der Waals surface area contributed by atoms with Crippen molar-refractivity contribution < 1.29 is 9.66 Å². The van der Waals surface area contributed by atoms with Gasteiger partial charge in [0.05, 0.1) is 12.7 Å². The second-order valence-corrected chi connectivity index (χ2v) is 2.68. The summed E-state index contributed by atoms with van der Waals surface area (Å²) in [7, 11) is 0. The van der Waals surface area contributed by atoms with Crippen molar-refractivity contribution in [1.82, 2.24) is 4.98 Å². The monoisotopic (exact) mass is 182 g/mol. The lowest BCUT2D eigenvalue weighted by molar-refractivity contribution is -0.389. The molecule has 0 radical (unpaired) electrons. The molecule has 0 aromatic carbocycles. The molecule has 0 amide bonds. The first kappa shape index (κ1) is 7.78. The van der Waals surface area contributed by atoms with Crippen molar-refractivity contribution in [3.05, 3.63) is 32.1 Å². The molecule has 1 aliphatic heterocycles. The van der Waals surface area contributed by atoms with E-state index in [0.29, 0.717) is 18.7 Å². The standard InChI is InChI=1S/C7H6N2O4/c10-5-3-6(9(11)12)8-4-1-2-13-7(4)5/h3H,1-2H2,(H,8,10). The quantitative estimate of drug-likeness (QED) is 0.497. The lowest BCUT2D eigenvalue weighted by Gasteiger charge is -1.96. The van der Waals surface area contributed by atoms with Gasteiger partial charge in [0.15, 0.2) is 5.69 Å². The summed E-state index contributed by atoms with van der Waals surface area (Å²) < 4.78 is 5.00. The Morgan fingerprint density at radius 3 is 3.08 bits per heavy atom. The summed E-state index contributed by atoms with van der Waals surface area (Å²) >= 11 is 0. The molecule has 1 aromatic rings. The van der Waals surface area contributed by atoms with Crippen molar-refractivity contribution in [1.29, 1.82) is 0 Å². The van der Waals surface area contributed by atoms with Crippen LogP contribution in [0.3, 0.4) is 0 Å². The van der Waals surface area contributed by atoms with Crippen molar-refractivity contribution >= 4 is 5.82 Å². The van der Waals surface area contributed by atoms with Crippen LogP contribution in [0.25, 0.3) is 0 Å². The fourth-order valence-electron chi connectivity index (χ4n) is 1.27. The van der Waals surface area contributed by atoms with Crippen LogP contribution in [0.4, 0.5) is 5.82 Å². The fraction of sp³-hybridized carbons (Fsp3) is 0.286. The first-order chi connectivity index (χ1) is 6.18. The van der Waals surface area contributed by atoms with Gasteiger partial charge < -0.3 is 14.9 Å². The van der Waals surface area contributed by atoms with Gasteiger partial charge in [-0.25, -0.2) is 4.98 Å². The second-order valence-electron chi connectivity index (χ2n) is 2.68. The Bertz CT molecular complexity index is 423. The predicted molar refractivity (Wildman–Crippen MR) is 42.9 cm³/mol. The molecule has 0 saturated heterocycles. The Morgan fingerprint density at radius 1 is 1.62 bits per heavy atom. The van der Waals surface area contributed by atoms with Crippen molar-refractivity contribution in [2.45, 2.75) is 6.42 Å². The molecular weight excluding hydrogens is 176 g/mol. The number of aromatic nitrogens is 1. The third-order valence-corrected chi connectivity index (χ3v) is 1.84. The van der Waals surface area contributed by atoms with Crippen LogP contribution in [0.1, 0.15) is 5.69 Å². The van der Waals surface area contributed by atoms with Gasteiger partial charge in [-0.15, -0.1) is 0 Å². The van der Waals surface area contributed by atoms with Crippen molar-refractivity contribution in [3.8, 4) is 5.75 Å². The van der Waals surface area contributed by atoms with E-state index in [1.54, 1.807) is 0 Å². The van der Waals surface area contributed by atoms with Gasteiger partial charge in [0, 0.05) is 6.42 Å². The highest BCUT2D eigenvalue weighted by Crippen LogP contribution is 2.20. The first-order valence-electron chi connectivity index (χ1n) is 3.72. The Hall–Kier alpha value is -1.85. The second kappa shape index (κ2) is 2.58. The largest absolute Gasteiger partial charge is 0.486 e. The van der Waals surface area contributed by atoms with E-state index >= 15 is 0 Å². The van der Waals surface area contributed by atoms with Crippen LogP contribution in [-0.2, 0) is 6.42 Å². The number of nitrogens with one attached hydrogen (secondary N) is 1. The summed E-state index contributed by atoms with van der Waals surface area (Å²) in [4.78, 5) is 23.5. The zero-order chi connectivity index (χ0) is 9.42. The highest BCUT2D eigenvalue weighted by atomic mass is 16.6. The Morgan fingerprint density at radius 2 is 2.38 bits per heavy atom. The normalized spacial score (nSPS) is 13.5. The van der Waals surface area contributed by atoms with Gasteiger partial charge in [-0.3, -0.25) is 4.79 Å². The lowest BCUT2D eigenvalue weighted by Crippen LogP contribution is -2.07. The topological polar surface area (TPSA) is 85.2 Å². The van der Waals surface area contributed by atoms with Crippen molar-refractivity contribution in [2.75, 3.05) is 6.61 Å². The summed E-state index contributed by atoms with van der Waals surface area (Å²) in [5, 5.41) is 10.3. The maximum Gasteiger partial charge on any atom is 0.325 e. The lowest BCUT2D eigenvalue weighted by atomic mass is 10.3. The SMILES string of the molecule is O=c1cc([N+](=O)[O-])[nH]c2c1OCC2. The number of rotatable bonds is 1. The molecule has 0 saturated carbocycles. The van der Waals surface area contributed by atoms with Gasteiger partial charge >= 0.3 is 5.82 Å². The van der Waals surface area contributed by atoms with Gasteiger partial charge in [0.1, 0.15) is 0 Å². The zero-order valence-electron chi connectivity index (χ0n) is 6.57. The predicted octanol–water partition coefficient (Wildman–Crippen LogP) is 0.218. The Balaban J connectivity index is 2.62. The molecular formula is C7H6N2O4. The van der Waals surface area contributed by atoms with Crippen LogP contribution in [0.5, 0.6) is 5.75 Å². The van der Waals surface area contributed by atoms with E-state index in [4.69, 9.17) is 4.74 Å². The third kappa shape index (κ3) is 1.16. The van der Waals surface area contributed by atoms with E-state index in [1.165, 1.54) is 0 Å². The molecule has 0 spiro atoms. The van der Waals surface area contributed by atoms with E-state index in [1.807, 2.05) is 0 Å². The number of nitrogens with zero attached hydrogens (tertiary/aromatic N) is 1. The number of ether oxygens (including phenoxy) is 1. The zero-order valence-corrected chi connectivity index (χ0v) is 6.57. The molecule has 6 heteroatoms. The fourth-order valence-corrected chi connectivity index (χ4v) is 1.27. The molecule has 2 heterocycles. The maximum atomic E-state index is 11.2. The minimum atomic E-state index is -0.625. The number of aromatic amines is 1. The number of H-pyrrole nitrogens is 1. The highest BCUT2D eigenvalue weighted by molar-refractivity contribution is 5.36. The van der Waals surface area contributed by atoms with Gasteiger partial charge in [0.25, 0.3) is 0 Å². The molecule has 68 valence electrons. The van der Waals surface area contributed by atoms with E-state index in [0.717, 1.165) is 6.07 Å². The molecule has 1 aliphatic rings. The average Bonchev–Trinajstić information content (AvgIpc) is 2.51. The van der Waals surface area contributed by atoms with Gasteiger partial charge in [-0.05, 0) is 4.92 Å². The third-order valence-electron chi connectivity index (χ3n) is 1.84. The summed E-state index contributed by atoms with van der Waals surface area (Å²) in [5.41, 5.74) is 0.0807. The van der Waals surface area contributed by atoms with Crippen LogP contribution < -0.4 is 10.2 Å². The summed E-state index contributed by atoms with van der Waals surface area (Å²) in [6, 6.07) is 0.935. The average molecular weight is 182 g/mol. The highest BCUT2D eigenvalue weighted by Gasteiger charge is 2.22. The summed E-state index contributed by atoms with van der Waals surface area (Å²) in [6.45, 7) is 0.405. The molecule has 13 heavy (non-hydrogen) atoms. The van der Waals surface area contributed by atoms with Crippen LogP contribution in [-0.4, -0.2) is 16.5 Å². The molecule has 6 nitrogen and oxygen atoms in total. The van der Waals surface area contributed by atoms with Crippen molar-refractivity contribution in [2.24, 2.45) is 0 Å². The molecule has 0 atom stereocenters. The number of fused-ring (bicyclic) bond motifs is 1. The Labute approximate surface area is 72.3 Å².